The lowest BCUT2D eigenvalue weighted by molar-refractivity contribution is 0.182. The zero-order chi connectivity index (χ0) is 15.9. The number of carbonyl (C=O) groups is 1. The predicted molar refractivity (Wildman–Crippen MR) is 80.7 cm³/mol. The van der Waals surface area contributed by atoms with E-state index in [0.29, 0.717) is 0 Å². The second-order valence-electron chi connectivity index (χ2n) is 5.59. The minimum atomic E-state index is -0.522. The Hall–Kier alpha value is -2.13. The first kappa shape index (κ1) is 16.2. The predicted octanol–water partition coefficient (Wildman–Crippen LogP) is 2.76. The number of hydrogen-bond acceptors (Lipinski definition) is 3. The van der Waals surface area contributed by atoms with Crippen molar-refractivity contribution >= 4 is 11.7 Å². The highest BCUT2D eigenvalue weighted by Crippen LogP contribution is 2.23. The lowest BCUT2D eigenvalue weighted by Crippen LogP contribution is -2.43. The Labute approximate surface area is 129 Å². The lowest BCUT2D eigenvalue weighted by atomic mass is 9.96. The Morgan fingerprint density at radius 3 is 2.86 bits per heavy atom. The molecule has 1 aromatic rings. The highest BCUT2D eigenvalue weighted by Gasteiger charge is 2.24. The molecular weight excluding hydrogens is 285 g/mol. The van der Waals surface area contributed by atoms with E-state index < -0.39 is 11.8 Å². The number of aliphatic hydroxyl groups excluding tert-OH is 1. The van der Waals surface area contributed by atoms with Crippen molar-refractivity contribution in [3.05, 3.63) is 29.6 Å². The molecule has 1 saturated carbocycles. The van der Waals surface area contributed by atoms with Gasteiger partial charge in [0.1, 0.15) is 11.9 Å². The van der Waals surface area contributed by atoms with Crippen molar-refractivity contribution in [2.24, 2.45) is 5.92 Å². The summed E-state index contributed by atoms with van der Waals surface area (Å²) in [5.74, 6) is -0.469. The second kappa shape index (κ2) is 7.76. The van der Waals surface area contributed by atoms with Crippen LogP contribution in [0.1, 0.15) is 37.7 Å². The van der Waals surface area contributed by atoms with Gasteiger partial charge in [-0.1, -0.05) is 19.3 Å². The van der Waals surface area contributed by atoms with Crippen molar-refractivity contribution in [3.63, 3.8) is 0 Å². The molecule has 6 heteroatoms. The molecule has 118 valence electrons. The number of halogens is 1. The minimum absolute atomic E-state index is 0.0466. The molecule has 1 aliphatic rings. The van der Waals surface area contributed by atoms with E-state index in [1.165, 1.54) is 12.1 Å². The van der Waals surface area contributed by atoms with Crippen molar-refractivity contribution in [2.75, 3.05) is 11.9 Å². The summed E-state index contributed by atoms with van der Waals surface area (Å²) in [7, 11) is 0. The van der Waals surface area contributed by atoms with Crippen LogP contribution in [-0.2, 0) is 0 Å². The van der Waals surface area contributed by atoms with Gasteiger partial charge >= 0.3 is 6.03 Å². The third-order valence-electron chi connectivity index (χ3n) is 4.06. The van der Waals surface area contributed by atoms with E-state index in [4.69, 9.17) is 5.26 Å². The van der Waals surface area contributed by atoms with E-state index in [1.807, 2.05) is 6.07 Å². The number of benzene rings is 1. The largest absolute Gasteiger partial charge is 0.396 e. The molecule has 5 nitrogen and oxygen atoms in total. The fourth-order valence-electron chi connectivity index (χ4n) is 2.84. The number of amides is 2. The standard InChI is InChI=1S/C16H20FN3O2/c17-13-6-7-15(12(8-13)9-18)20-16(22)19-14-5-3-1-2-4-11(14)10-21/h6-8,11,14,21H,1-5,10H2,(H2,19,20,22). The van der Waals surface area contributed by atoms with Crippen LogP contribution in [0.15, 0.2) is 18.2 Å². The molecule has 2 unspecified atom stereocenters. The summed E-state index contributed by atoms with van der Waals surface area (Å²) >= 11 is 0. The number of aliphatic hydroxyl groups is 1. The topological polar surface area (TPSA) is 85.2 Å². The summed E-state index contributed by atoms with van der Waals surface area (Å²) in [6, 6.07) is 4.97. The molecule has 2 rings (SSSR count). The highest BCUT2D eigenvalue weighted by molar-refractivity contribution is 5.90. The summed E-state index contributed by atoms with van der Waals surface area (Å²) in [5.41, 5.74) is 0.352. The van der Waals surface area contributed by atoms with Gasteiger partial charge in [-0.2, -0.15) is 5.26 Å². The van der Waals surface area contributed by atoms with Gasteiger partial charge in [0, 0.05) is 18.6 Å². The lowest BCUT2D eigenvalue weighted by Gasteiger charge is -2.24. The molecule has 3 N–H and O–H groups in total. The van der Waals surface area contributed by atoms with Gasteiger partial charge in [-0.05, 0) is 31.0 Å². The summed E-state index contributed by atoms with van der Waals surface area (Å²) in [6.45, 7) is 0.0466. The molecule has 1 fully saturated rings. The van der Waals surface area contributed by atoms with Gasteiger partial charge in [-0.3, -0.25) is 0 Å². The number of anilines is 1. The van der Waals surface area contributed by atoms with Crippen molar-refractivity contribution in [2.45, 2.75) is 38.1 Å². The molecule has 0 spiro atoms. The van der Waals surface area contributed by atoms with E-state index in [0.717, 1.165) is 38.2 Å². The number of hydrogen-bond donors (Lipinski definition) is 3. The Balaban J connectivity index is 2.01. The van der Waals surface area contributed by atoms with E-state index in [2.05, 4.69) is 10.6 Å². The molecule has 1 aliphatic carbocycles. The first-order valence-electron chi connectivity index (χ1n) is 7.52. The van der Waals surface area contributed by atoms with Crippen LogP contribution in [0.2, 0.25) is 0 Å². The van der Waals surface area contributed by atoms with Gasteiger partial charge in [-0.15, -0.1) is 0 Å². The van der Waals surface area contributed by atoms with Crippen LogP contribution in [0.5, 0.6) is 0 Å². The van der Waals surface area contributed by atoms with Gasteiger partial charge in [0.05, 0.1) is 11.3 Å². The van der Waals surface area contributed by atoms with Gasteiger partial charge in [0.25, 0.3) is 0 Å². The van der Waals surface area contributed by atoms with Crippen LogP contribution in [0, 0.1) is 23.1 Å². The molecule has 2 amide bonds. The number of urea groups is 1. The molecule has 0 saturated heterocycles. The number of nitrogens with one attached hydrogen (secondary N) is 2. The normalized spacial score (nSPS) is 21.5. The van der Waals surface area contributed by atoms with Gasteiger partial charge < -0.3 is 15.7 Å². The minimum Gasteiger partial charge on any atom is -0.396 e. The average molecular weight is 305 g/mol. The maximum Gasteiger partial charge on any atom is 0.319 e. The smallest absolute Gasteiger partial charge is 0.319 e. The zero-order valence-electron chi connectivity index (χ0n) is 12.3. The van der Waals surface area contributed by atoms with E-state index in [-0.39, 0.29) is 29.8 Å². The van der Waals surface area contributed by atoms with Crippen LogP contribution in [0.25, 0.3) is 0 Å². The molecule has 0 bridgehead atoms. The molecular formula is C16H20FN3O2. The molecule has 22 heavy (non-hydrogen) atoms. The van der Waals surface area contributed by atoms with Crippen molar-refractivity contribution in [1.82, 2.24) is 5.32 Å². The summed E-state index contributed by atoms with van der Waals surface area (Å²) in [4.78, 5) is 12.1. The molecule has 0 radical (unpaired) electrons. The molecule has 0 heterocycles. The van der Waals surface area contributed by atoms with Crippen LogP contribution in [0.4, 0.5) is 14.9 Å². The first-order valence-corrected chi connectivity index (χ1v) is 7.52. The Bertz CT molecular complexity index is 571. The molecule has 0 aliphatic heterocycles. The van der Waals surface area contributed by atoms with E-state index >= 15 is 0 Å². The number of nitriles is 1. The van der Waals surface area contributed by atoms with Crippen LogP contribution in [0.3, 0.4) is 0 Å². The van der Waals surface area contributed by atoms with Crippen molar-refractivity contribution in [3.8, 4) is 6.07 Å². The average Bonchev–Trinajstić information content (AvgIpc) is 2.73. The van der Waals surface area contributed by atoms with Crippen molar-refractivity contribution in [1.29, 1.82) is 5.26 Å². The second-order valence-corrected chi connectivity index (χ2v) is 5.59. The SMILES string of the molecule is N#Cc1cc(F)ccc1NC(=O)NC1CCCCCC1CO. The first-order chi connectivity index (χ1) is 10.6. The Morgan fingerprint density at radius 1 is 1.36 bits per heavy atom. The van der Waals surface area contributed by atoms with Gasteiger partial charge in [-0.25, -0.2) is 9.18 Å². The maximum atomic E-state index is 13.1. The van der Waals surface area contributed by atoms with Crippen LogP contribution >= 0.6 is 0 Å². The molecule has 2 atom stereocenters. The molecule has 1 aromatic carbocycles. The Kier molecular flexibility index (Phi) is 5.73. The summed E-state index contributed by atoms with van der Waals surface area (Å²) in [6.07, 6.45) is 4.89. The fourth-order valence-corrected chi connectivity index (χ4v) is 2.84. The van der Waals surface area contributed by atoms with E-state index in [1.54, 1.807) is 0 Å². The fraction of sp³-hybridized carbons (Fsp3) is 0.500. The monoisotopic (exact) mass is 305 g/mol. The maximum absolute atomic E-state index is 13.1. The number of nitrogens with zero attached hydrogens (tertiary/aromatic N) is 1. The van der Waals surface area contributed by atoms with Crippen LogP contribution < -0.4 is 10.6 Å². The summed E-state index contributed by atoms with van der Waals surface area (Å²) in [5, 5.41) is 23.9. The quantitative estimate of drug-likeness (QED) is 0.751. The van der Waals surface area contributed by atoms with Crippen molar-refractivity contribution < 1.29 is 14.3 Å². The third kappa shape index (κ3) is 4.18. The Morgan fingerprint density at radius 2 is 2.14 bits per heavy atom. The van der Waals surface area contributed by atoms with Crippen LogP contribution in [-0.4, -0.2) is 23.8 Å². The third-order valence-corrected chi connectivity index (χ3v) is 4.06. The summed E-state index contributed by atoms with van der Waals surface area (Å²) < 4.78 is 13.1. The number of carbonyl (C=O) groups excluding carboxylic acids is 1. The molecule has 0 aromatic heterocycles. The van der Waals surface area contributed by atoms with E-state index in [9.17, 15) is 14.3 Å². The highest BCUT2D eigenvalue weighted by atomic mass is 19.1. The zero-order valence-corrected chi connectivity index (χ0v) is 12.3. The van der Waals surface area contributed by atoms with Gasteiger partial charge in [0.15, 0.2) is 0 Å². The number of rotatable bonds is 3. The van der Waals surface area contributed by atoms with Gasteiger partial charge in [0.2, 0.25) is 0 Å².